The Kier molecular flexibility index (Phi) is 4.95. The van der Waals surface area contributed by atoms with E-state index in [2.05, 4.69) is 30.1 Å². The standard InChI is InChI=1S/C16H22N6O2/c1-24-16(23)18-13-4-2-11(3-5-13)10-22-8-6-12(7-9-22)14-19-15(17)21-20-14/h2-5,12H,6-10H2,1H3,(H,18,23)(H3,17,19,20,21). The Hall–Kier alpha value is -2.61. The number of hydrogen-bond acceptors (Lipinski definition) is 6. The molecule has 0 saturated carbocycles. The van der Waals surface area contributed by atoms with Crippen LogP contribution in [-0.2, 0) is 11.3 Å². The maximum absolute atomic E-state index is 11.2. The minimum atomic E-state index is -0.460. The highest BCUT2D eigenvalue weighted by Gasteiger charge is 2.23. The molecule has 0 radical (unpaired) electrons. The van der Waals surface area contributed by atoms with E-state index >= 15 is 0 Å². The maximum atomic E-state index is 11.2. The number of benzene rings is 1. The van der Waals surface area contributed by atoms with Crippen LogP contribution in [0.1, 0.15) is 30.1 Å². The summed E-state index contributed by atoms with van der Waals surface area (Å²) in [6.45, 7) is 2.91. The largest absolute Gasteiger partial charge is 0.453 e. The fourth-order valence-electron chi connectivity index (χ4n) is 2.96. The van der Waals surface area contributed by atoms with Gasteiger partial charge in [-0.2, -0.15) is 4.98 Å². The molecule has 1 aliphatic rings. The molecule has 1 aromatic carbocycles. The molecule has 1 saturated heterocycles. The normalized spacial score (nSPS) is 16.0. The van der Waals surface area contributed by atoms with Crippen molar-refractivity contribution in [3.8, 4) is 0 Å². The lowest BCUT2D eigenvalue weighted by atomic mass is 9.96. The molecule has 1 amide bonds. The minimum absolute atomic E-state index is 0.313. The molecule has 0 bridgehead atoms. The average Bonchev–Trinajstić information content (AvgIpc) is 3.03. The summed E-state index contributed by atoms with van der Waals surface area (Å²) >= 11 is 0. The number of anilines is 2. The van der Waals surface area contributed by atoms with Crippen LogP contribution in [0.25, 0.3) is 0 Å². The first-order chi connectivity index (χ1) is 11.6. The second kappa shape index (κ2) is 7.31. The smallest absolute Gasteiger partial charge is 0.411 e. The van der Waals surface area contributed by atoms with Gasteiger partial charge in [0.1, 0.15) is 5.82 Å². The summed E-state index contributed by atoms with van der Waals surface area (Å²) in [5, 5.41) is 9.47. The molecule has 128 valence electrons. The van der Waals surface area contributed by atoms with Crippen molar-refractivity contribution in [3.63, 3.8) is 0 Å². The molecule has 24 heavy (non-hydrogen) atoms. The summed E-state index contributed by atoms with van der Waals surface area (Å²) < 4.78 is 4.58. The number of carbonyl (C=O) groups excluding carboxylic acids is 1. The second-order valence-electron chi connectivity index (χ2n) is 5.94. The zero-order chi connectivity index (χ0) is 16.9. The highest BCUT2D eigenvalue weighted by molar-refractivity contribution is 5.84. The number of amides is 1. The molecule has 1 fully saturated rings. The van der Waals surface area contributed by atoms with Gasteiger partial charge in [-0.05, 0) is 43.6 Å². The zero-order valence-electron chi connectivity index (χ0n) is 13.7. The lowest BCUT2D eigenvalue weighted by molar-refractivity contribution is 0.187. The number of nitrogens with two attached hydrogens (primary N) is 1. The third kappa shape index (κ3) is 4.02. The van der Waals surface area contributed by atoms with Crippen molar-refractivity contribution >= 4 is 17.7 Å². The van der Waals surface area contributed by atoms with Gasteiger partial charge < -0.3 is 10.5 Å². The SMILES string of the molecule is COC(=O)Nc1ccc(CN2CCC(c3nc(N)n[nH]3)CC2)cc1. The first-order valence-corrected chi connectivity index (χ1v) is 7.98. The molecule has 0 atom stereocenters. The number of ether oxygens (including phenoxy) is 1. The van der Waals surface area contributed by atoms with Gasteiger partial charge in [-0.3, -0.25) is 15.3 Å². The number of H-pyrrole nitrogens is 1. The van der Waals surface area contributed by atoms with Gasteiger partial charge >= 0.3 is 6.09 Å². The number of methoxy groups -OCH3 is 1. The van der Waals surface area contributed by atoms with Crippen LogP contribution >= 0.6 is 0 Å². The number of aromatic nitrogens is 3. The van der Waals surface area contributed by atoms with Crippen LogP contribution in [0.2, 0.25) is 0 Å². The molecule has 4 N–H and O–H groups in total. The van der Waals surface area contributed by atoms with Crippen LogP contribution in [-0.4, -0.2) is 46.4 Å². The number of carbonyl (C=O) groups is 1. The van der Waals surface area contributed by atoms with E-state index in [4.69, 9.17) is 5.73 Å². The van der Waals surface area contributed by atoms with Crippen molar-refractivity contribution < 1.29 is 9.53 Å². The van der Waals surface area contributed by atoms with Gasteiger partial charge in [0.05, 0.1) is 7.11 Å². The number of likely N-dealkylation sites (tertiary alicyclic amines) is 1. The lowest BCUT2D eigenvalue weighted by Gasteiger charge is -2.30. The topological polar surface area (TPSA) is 109 Å². The molecule has 3 rings (SSSR count). The molecular weight excluding hydrogens is 308 g/mol. The molecule has 8 heteroatoms. The van der Waals surface area contributed by atoms with Crippen LogP contribution < -0.4 is 11.1 Å². The third-order valence-electron chi connectivity index (χ3n) is 4.29. The Labute approximate surface area is 140 Å². The summed E-state index contributed by atoms with van der Waals surface area (Å²) in [7, 11) is 1.35. The molecule has 8 nitrogen and oxygen atoms in total. The first-order valence-electron chi connectivity index (χ1n) is 7.98. The summed E-state index contributed by atoms with van der Waals surface area (Å²) in [6, 6.07) is 7.82. The highest BCUT2D eigenvalue weighted by Crippen LogP contribution is 2.26. The van der Waals surface area contributed by atoms with Crippen molar-refractivity contribution in [2.45, 2.75) is 25.3 Å². The van der Waals surface area contributed by atoms with E-state index in [-0.39, 0.29) is 0 Å². The minimum Gasteiger partial charge on any atom is -0.453 e. The van der Waals surface area contributed by atoms with Gasteiger partial charge in [-0.25, -0.2) is 4.79 Å². The maximum Gasteiger partial charge on any atom is 0.411 e. The van der Waals surface area contributed by atoms with Crippen molar-refractivity contribution in [2.24, 2.45) is 0 Å². The second-order valence-corrected chi connectivity index (χ2v) is 5.94. The fourth-order valence-corrected chi connectivity index (χ4v) is 2.96. The summed E-state index contributed by atoms with van der Waals surface area (Å²) in [4.78, 5) is 17.8. The van der Waals surface area contributed by atoms with E-state index in [1.54, 1.807) is 0 Å². The Balaban J connectivity index is 1.50. The molecular formula is C16H22N6O2. The average molecular weight is 330 g/mol. The fraction of sp³-hybridized carbons (Fsp3) is 0.438. The van der Waals surface area contributed by atoms with Crippen molar-refractivity contribution in [1.29, 1.82) is 0 Å². The number of nitrogens with one attached hydrogen (secondary N) is 2. The summed E-state index contributed by atoms with van der Waals surface area (Å²) in [5.41, 5.74) is 7.51. The van der Waals surface area contributed by atoms with E-state index in [1.165, 1.54) is 12.7 Å². The molecule has 2 aromatic rings. The van der Waals surface area contributed by atoms with Gasteiger partial charge in [0, 0.05) is 18.2 Å². The van der Waals surface area contributed by atoms with Crippen LogP contribution in [0.3, 0.4) is 0 Å². The number of nitrogen functional groups attached to an aromatic ring is 1. The van der Waals surface area contributed by atoms with Crippen molar-refractivity contribution in [2.75, 3.05) is 31.2 Å². The van der Waals surface area contributed by atoms with E-state index < -0.39 is 6.09 Å². The van der Waals surface area contributed by atoms with Crippen molar-refractivity contribution in [1.82, 2.24) is 20.1 Å². The Morgan fingerprint density at radius 3 is 2.67 bits per heavy atom. The Morgan fingerprint density at radius 2 is 2.08 bits per heavy atom. The van der Waals surface area contributed by atoms with Crippen LogP contribution in [0, 0.1) is 0 Å². The molecule has 1 aliphatic heterocycles. The number of rotatable bonds is 4. The number of aromatic amines is 1. The third-order valence-corrected chi connectivity index (χ3v) is 4.29. The van der Waals surface area contributed by atoms with Crippen LogP contribution in [0.15, 0.2) is 24.3 Å². The summed E-state index contributed by atoms with van der Waals surface area (Å²) in [6.07, 6.45) is 1.62. The summed E-state index contributed by atoms with van der Waals surface area (Å²) in [5.74, 6) is 1.61. The lowest BCUT2D eigenvalue weighted by Crippen LogP contribution is -2.32. The molecule has 1 aromatic heterocycles. The zero-order valence-corrected chi connectivity index (χ0v) is 13.7. The van der Waals surface area contributed by atoms with E-state index in [0.717, 1.165) is 44.0 Å². The van der Waals surface area contributed by atoms with Crippen LogP contribution in [0.5, 0.6) is 0 Å². The van der Waals surface area contributed by atoms with E-state index in [0.29, 0.717) is 11.9 Å². The predicted octanol–water partition coefficient (Wildman–Crippen LogP) is 1.94. The van der Waals surface area contributed by atoms with Crippen molar-refractivity contribution in [3.05, 3.63) is 35.7 Å². The van der Waals surface area contributed by atoms with Gasteiger partial charge in [0.15, 0.2) is 0 Å². The number of nitrogens with zero attached hydrogens (tertiary/aromatic N) is 3. The molecule has 2 heterocycles. The quantitative estimate of drug-likeness (QED) is 0.790. The first kappa shape index (κ1) is 16.3. The van der Waals surface area contributed by atoms with Gasteiger partial charge in [0.25, 0.3) is 0 Å². The molecule has 0 aliphatic carbocycles. The van der Waals surface area contributed by atoms with E-state index in [9.17, 15) is 4.79 Å². The Morgan fingerprint density at radius 1 is 1.38 bits per heavy atom. The highest BCUT2D eigenvalue weighted by atomic mass is 16.5. The molecule has 0 unspecified atom stereocenters. The van der Waals surface area contributed by atoms with E-state index in [1.807, 2.05) is 24.3 Å². The van der Waals surface area contributed by atoms with Crippen LogP contribution in [0.4, 0.5) is 16.4 Å². The van der Waals surface area contributed by atoms with Gasteiger partial charge in [-0.1, -0.05) is 12.1 Å². The predicted molar refractivity (Wildman–Crippen MR) is 90.5 cm³/mol. The van der Waals surface area contributed by atoms with Gasteiger partial charge in [0.2, 0.25) is 5.95 Å². The molecule has 0 spiro atoms. The number of hydrogen-bond donors (Lipinski definition) is 3. The van der Waals surface area contributed by atoms with Gasteiger partial charge in [-0.15, -0.1) is 5.10 Å². The number of piperidine rings is 1. The Bertz CT molecular complexity index is 676. The monoisotopic (exact) mass is 330 g/mol.